The molecule has 0 unspecified atom stereocenters. The molecule has 0 radical (unpaired) electrons. The third-order valence-electron chi connectivity index (χ3n) is 6.97. The summed E-state index contributed by atoms with van der Waals surface area (Å²) in [6.07, 6.45) is 6.85. The highest BCUT2D eigenvalue weighted by atomic mass is 17.2. The van der Waals surface area contributed by atoms with Crippen LogP contribution in [-0.2, 0) is 14.6 Å². The second-order valence-corrected chi connectivity index (χ2v) is 8.52. The number of fused-ring (bicyclic) bond motifs is 2. The van der Waals surface area contributed by atoms with Crippen molar-refractivity contribution in [3.05, 3.63) is 23.8 Å². The summed E-state index contributed by atoms with van der Waals surface area (Å²) in [6, 6.07) is 0. The maximum atomic E-state index is 11.3. The molecule has 1 N–H and O–H groups in total. The molecule has 2 aliphatic carbocycles. The second kappa shape index (κ2) is 5.70. The van der Waals surface area contributed by atoms with E-state index in [-0.39, 0.29) is 23.4 Å². The average Bonchev–Trinajstić information content (AvgIpc) is 2.53. The molecule has 24 heavy (non-hydrogen) atoms. The molecule has 0 amide bonds. The fourth-order valence-electron chi connectivity index (χ4n) is 5.33. The Bertz CT molecular complexity index is 580. The zero-order chi connectivity index (χ0) is 17.8. The van der Waals surface area contributed by atoms with E-state index in [9.17, 15) is 9.90 Å². The van der Waals surface area contributed by atoms with Gasteiger partial charge in [-0.05, 0) is 62.5 Å². The van der Waals surface area contributed by atoms with E-state index in [4.69, 9.17) is 9.78 Å². The lowest BCUT2D eigenvalue weighted by atomic mass is 9.49. The molecule has 1 saturated carbocycles. The average molecular weight is 334 g/mol. The van der Waals surface area contributed by atoms with Gasteiger partial charge in [0.25, 0.3) is 0 Å². The van der Waals surface area contributed by atoms with Gasteiger partial charge < -0.3 is 5.11 Å². The van der Waals surface area contributed by atoms with Gasteiger partial charge in [-0.2, -0.15) is 0 Å². The summed E-state index contributed by atoms with van der Waals surface area (Å²) in [5.74, 6) is -0.150. The molecular weight excluding hydrogens is 304 g/mol. The largest absolute Gasteiger partial charge is 0.481 e. The molecular formula is C20H30O4. The van der Waals surface area contributed by atoms with E-state index < -0.39 is 11.6 Å². The van der Waals surface area contributed by atoms with Crippen molar-refractivity contribution in [2.24, 2.45) is 17.3 Å². The molecule has 2 fully saturated rings. The Morgan fingerprint density at radius 3 is 2.62 bits per heavy atom. The van der Waals surface area contributed by atoms with Crippen molar-refractivity contribution < 1.29 is 19.7 Å². The predicted octanol–water partition coefficient (Wildman–Crippen LogP) is 4.66. The van der Waals surface area contributed by atoms with Crippen LogP contribution in [0.15, 0.2) is 23.8 Å². The lowest BCUT2D eigenvalue weighted by molar-refractivity contribution is -0.461. The minimum absolute atomic E-state index is 0.147. The van der Waals surface area contributed by atoms with Gasteiger partial charge in [0.1, 0.15) is 11.2 Å². The first-order valence-electron chi connectivity index (χ1n) is 9.13. The van der Waals surface area contributed by atoms with Gasteiger partial charge in [0.2, 0.25) is 0 Å². The first-order valence-corrected chi connectivity index (χ1v) is 9.13. The summed E-state index contributed by atoms with van der Waals surface area (Å²) in [5, 5.41) is 9.25. The summed E-state index contributed by atoms with van der Waals surface area (Å²) < 4.78 is 0. The highest BCUT2D eigenvalue weighted by molar-refractivity contribution is 5.66. The number of carbonyl (C=O) groups is 1. The van der Waals surface area contributed by atoms with Crippen LogP contribution in [0.1, 0.15) is 66.2 Å². The zero-order valence-electron chi connectivity index (χ0n) is 15.4. The Labute approximate surface area is 144 Å². The summed E-state index contributed by atoms with van der Waals surface area (Å²) in [7, 11) is 0. The molecule has 2 aliphatic heterocycles. The normalized spacial score (nSPS) is 41.0. The molecule has 2 bridgehead atoms. The number of carboxylic acid groups (broad SMARTS) is 1. The van der Waals surface area contributed by atoms with Crippen LogP contribution in [0.2, 0.25) is 0 Å². The molecule has 4 atom stereocenters. The fraction of sp³-hybridized carbons (Fsp3) is 0.750. The zero-order valence-corrected chi connectivity index (χ0v) is 15.4. The van der Waals surface area contributed by atoms with Gasteiger partial charge in [0.05, 0.1) is 0 Å². The molecule has 134 valence electrons. The topological polar surface area (TPSA) is 55.8 Å². The molecule has 1 spiro atoms. The Morgan fingerprint density at radius 1 is 1.42 bits per heavy atom. The number of hydrogen-bond donors (Lipinski definition) is 1. The SMILES string of the molecule is C=C(C)[C@@H]1CCC2=C[C@]3(C(C)C)CC[C@@]2(OO3)[C@@]1(C)CCC(=O)O. The van der Waals surface area contributed by atoms with E-state index >= 15 is 0 Å². The van der Waals surface area contributed by atoms with Gasteiger partial charge in [-0.25, -0.2) is 9.78 Å². The Morgan fingerprint density at radius 2 is 2.12 bits per heavy atom. The molecule has 0 aromatic carbocycles. The molecule has 4 heteroatoms. The van der Waals surface area contributed by atoms with Crippen molar-refractivity contribution in [2.45, 2.75) is 77.4 Å². The van der Waals surface area contributed by atoms with Gasteiger partial charge in [-0.3, -0.25) is 4.79 Å². The van der Waals surface area contributed by atoms with E-state index in [1.807, 2.05) is 0 Å². The molecule has 4 rings (SSSR count). The van der Waals surface area contributed by atoms with Crippen LogP contribution in [-0.4, -0.2) is 22.3 Å². The molecule has 2 heterocycles. The summed E-state index contributed by atoms with van der Waals surface area (Å²) in [4.78, 5) is 23.4. The van der Waals surface area contributed by atoms with Gasteiger partial charge in [0, 0.05) is 11.8 Å². The number of allylic oxidation sites excluding steroid dienone is 1. The van der Waals surface area contributed by atoms with Crippen molar-refractivity contribution in [2.75, 3.05) is 0 Å². The van der Waals surface area contributed by atoms with E-state index in [2.05, 4.69) is 40.3 Å². The first kappa shape index (κ1) is 17.7. The van der Waals surface area contributed by atoms with Crippen LogP contribution in [0.3, 0.4) is 0 Å². The maximum Gasteiger partial charge on any atom is 0.303 e. The minimum atomic E-state index is -0.756. The quantitative estimate of drug-likeness (QED) is 0.587. The third kappa shape index (κ3) is 2.30. The highest BCUT2D eigenvalue weighted by Gasteiger charge is 2.65. The summed E-state index contributed by atoms with van der Waals surface area (Å²) >= 11 is 0. The lowest BCUT2D eigenvalue weighted by Crippen LogP contribution is -2.65. The van der Waals surface area contributed by atoms with Gasteiger partial charge >= 0.3 is 5.97 Å². The standard InChI is InChI=1S/C20H30O4/c1-13(2)16-7-6-15-12-19(14(3)4)10-11-20(15,24-23-19)18(16,5)9-8-17(21)22/h12,14,16H,1,6-11H2,2-5H3,(H,21,22)/t16-,18-,19-,20-/m0/s1. The first-order chi connectivity index (χ1) is 11.2. The minimum Gasteiger partial charge on any atom is -0.481 e. The number of aliphatic carboxylic acids is 1. The third-order valence-corrected chi connectivity index (χ3v) is 6.97. The number of rotatable bonds is 5. The Kier molecular flexibility index (Phi) is 4.20. The van der Waals surface area contributed by atoms with E-state index in [1.54, 1.807) is 0 Å². The van der Waals surface area contributed by atoms with Crippen molar-refractivity contribution in [1.29, 1.82) is 0 Å². The smallest absolute Gasteiger partial charge is 0.303 e. The molecule has 4 nitrogen and oxygen atoms in total. The summed E-state index contributed by atoms with van der Waals surface area (Å²) in [5.41, 5.74) is 1.32. The van der Waals surface area contributed by atoms with Crippen LogP contribution < -0.4 is 0 Å². The molecule has 0 aromatic heterocycles. The van der Waals surface area contributed by atoms with Crippen molar-refractivity contribution >= 4 is 5.97 Å². The van der Waals surface area contributed by atoms with E-state index in [0.717, 1.165) is 31.3 Å². The predicted molar refractivity (Wildman–Crippen MR) is 92.3 cm³/mol. The van der Waals surface area contributed by atoms with Crippen LogP contribution in [0.4, 0.5) is 0 Å². The molecule has 0 aromatic rings. The van der Waals surface area contributed by atoms with Gasteiger partial charge in [-0.1, -0.05) is 32.9 Å². The Hall–Kier alpha value is -1.13. The fourth-order valence-corrected chi connectivity index (χ4v) is 5.33. The Balaban J connectivity index is 2.05. The van der Waals surface area contributed by atoms with Crippen LogP contribution in [0.5, 0.6) is 0 Å². The summed E-state index contributed by atoms with van der Waals surface area (Å²) in [6.45, 7) is 12.8. The van der Waals surface area contributed by atoms with E-state index in [1.165, 1.54) is 5.57 Å². The lowest BCUT2D eigenvalue weighted by Gasteiger charge is -2.63. The number of hydrogen-bond acceptors (Lipinski definition) is 3. The number of carboxylic acids is 1. The maximum absolute atomic E-state index is 11.3. The highest BCUT2D eigenvalue weighted by Crippen LogP contribution is 2.64. The monoisotopic (exact) mass is 334 g/mol. The van der Waals surface area contributed by atoms with Gasteiger partial charge in [0.15, 0.2) is 0 Å². The van der Waals surface area contributed by atoms with Crippen LogP contribution in [0, 0.1) is 17.3 Å². The van der Waals surface area contributed by atoms with E-state index in [0.29, 0.717) is 12.3 Å². The van der Waals surface area contributed by atoms with Gasteiger partial charge in [-0.15, -0.1) is 0 Å². The van der Waals surface area contributed by atoms with Crippen molar-refractivity contribution in [3.8, 4) is 0 Å². The van der Waals surface area contributed by atoms with Crippen molar-refractivity contribution in [3.63, 3.8) is 0 Å². The second-order valence-electron chi connectivity index (χ2n) is 8.52. The molecule has 4 aliphatic rings. The van der Waals surface area contributed by atoms with Crippen LogP contribution in [0.25, 0.3) is 0 Å². The molecule has 1 saturated heterocycles. The van der Waals surface area contributed by atoms with Crippen LogP contribution >= 0.6 is 0 Å². The van der Waals surface area contributed by atoms with Crippen molar-refractivity contribution in [1.82, 2.24) is 0 Å².